The number of carbonyl (C=O) groups excluding carboxylic acids is 2. The first kappa shape index (κ1) is 28.2. The molecule has 7 nitrogen and oxygen atoms in total. The Balaban J connectivity index is 2.05. The first-order valence-corrected chi connectivity index (χ1v) is 14.0. The highest BCUT2D eigenvalue weighted by atomic mass is 35.5. The molecular formula is C28H32ClN3O4S. The zero-order valence-electron chi connectivity index (χ0n) is 21.2. The minimum atomic E-state index is -4.08. The van der Waals surface area contributed by atoms with Crippen LogP contribution < -0.4 is 9.62 Å². The largest absolute Gasteiger partial charge is 0.355 e. The zero-order chi connectivity index (χ0) is 27.0. The zero-order valence-corrected chi connectivity index (χ0v) is 22.8. The molecule has 0 unspecified atom stereocenters. The molecule has 9 heteroatoms. The van der Waals surface area contributed by atoms with E-state index in [-0.39, 0.29) is 17.3 Å². The standard InChI is InChI=1S/C28H32ClN3O4S/c1-4-25(28(34)30-5-2)31(19-22-15-17-23(29)18-16-22)27(33)20-32(26-14-10-9-11-21(26)3)37(35,36)24-12-7-6-8-13-24/h6-18,25H,4-5,19-20H2,1-3H3,(H,30,34)/t25-/m0/s1. The highest BCUT2D eigenvalue weighted by Crippen LogP contribution is 2.27. The summed E-state index contributed by atoms with van der Waals surface area (Å²) < 4.78 is 28.7. The molecule has 0 saturated heterocycles. The van der Waals surface area contributed by atoms with Crippen LogP contribution in [-0.2, 0) is 26.2 Å². The highest BCUT2D eigenvalue weighted by molar-refractivity contribution is 7.92. The van der Waals surface area contributed by atoms with Crippen LogP contribution in [0.4, 0.5) is 5.69 Å². The quantitative estimate of drug-likeness (QED) is 0.378. The molecule has 3 aromatic rings. The third kappa shape index (κ3) is 6.90. The smallest absolute Gasteiger partial charge is 0.264 e. The van der Waals surface area contributed by atoms with Gasteiger partial charge in [-0.2, -0.15) is 0 Å². The van der Waals surface area contributed by atoms with E-state index in [0.29, 0.717) is 29.2 Å². The van der Waals surface area contributed by atoms with Crippen molar-refractivity contribution in [2.45, 2.75) is 44.7 Å². The molecule has 0 radical (unpaired) electrons. The molecule has 3 rings (SSSR count). The van der Waals surface area contributed by atoms with E-state index in [9.17, 15) is 18.0 Å². The van der Waals surface area contributed by atoms with Crippen molar-refractivity contribution < 1.29 is 18.0 Å². The SMILES string of the molecule is CCNC(=O)[C@H](CC)N(Cc1ccc(Cl)cc1)C(=O)CN(c1ccccc1C)S(=O)(=O)c1ccccc1. The number of aryl methyl sites for hydroxylation is 1. The van der Waals surface area contributed by atoms with Gasteiger partial charge in [-0.05, 0) is 61.7 Å². The summed E-state index contributed by atoms with van der Waals surface area (Å²) >= 11 is 6.03. The molecule has 0 spiro atoms. The Hall–Kier alpha value is -3.36. The van der Waals surface area contributed by atoms with Gasteiger partial charge in [0.25, 0.3) is 10.0 Å². The maximum absolute atomic E-state index is 13.9. The summed E-state index contributed by atoms with van der Waals surface area (Å²) in [4.78, 5) is 28.4. The second kappa shape index (κ2) is 12.7. The van der Waals surface area contributed by atoms with Gasteiger partial charge >= 0.3 is 0 Å². The number of nitrogens with zero attached hydrogens (tertiary/aromatic N) is 2. The Bertz CT molecular complexity index is 1310. The predicted molar refractivity (Wildman–Crippen MR) is 147 cm³/mol. The average Bonchev–Trinajstić information content (AvgIpc) is 2.89. The van der Waals surface area contributed by atoms with E-state index in [1.54, 1.807) is 67.6 Å². The number of benzene rings is 3. The van der Waals surface area contributed by atoms with Gasteiger partial charge in [0.1, 0.15) is 12.6 Å². The number of hydrogen-bond acceptors (Lipinski definition) is 4. The second-order valence-electron chi connectivity index (χ2n) is 8.58. The summed E-state index contributed by atoms with van der Waals surface area (Å²) in [5, 5.41) is 3.34. The number of likely N-dealkylation sites (N-methyl/N-ethyl adjacent to an activating group) is 1. The molecule has 0 aromatic heterocycles. The van der Waals surface area contributed by atoms with Gasteiger partial charge in [-0.3, -0.25) is 13.9 Å². The van der Waals surface area contributed by atoms with Gasteiger partial charge in [0.15, 0.2) is 0 Å². The lowest BCUT2D eigenvalue weighted by molar-refractivity contribution is -0.140. The Morgan fingerprint density at radius 1 is 0.919 bits per heavy atom. The van der Waals surface area contributed by atoms with E-state index >= 15 is 0 Å². The molecule has 0 heterocycles. The lowest BCUT2D eigenvalue weighted by Gasteiger charge is -2.33. The van der Waals surface area contributed by atoms with Gasteiger partial charge < -0.3 is 10.2 Å². The maximum Gasteiger partial charge on any atom is 0.264 e. The minimum Gasteiger partial charge on any atom is -0.355 e. The van der Waals surface area contributed by atoms with Gasteiger partial charge in [0, 0.05) is 18.1 Å². The fourth-order valence-electron chi connectivity index (χ4n) is 4.07. The monoisotopic (exact) mass is 541 g/mol. The summed E-state index contributed by atoms with van der Waals surface area (Å²) in [5.41, 5.74) is 1.88. The average molecular weight is 542 g/mol. The van der Waals surface area contributed by atoms with Crippen LogP contribution in [0.1, 0.15) is 31.4 Å². The number of hydrogen-bond donors (Lipinski definition) is 1. The summed E-state index contributed by atoms with van der Waals surface area (Å²) in [5.74, 6) is -0.781. The molecule has 1 N–H and O–H groups in total. The molecule has 0 saturated carbocycles. The van der Waals surface area contributed by atoms with Crippen molar-refractivity contribution in [3.05, 3.63) is 95.0 Å². The predicted octanol–water partition coefficient (Wildman–Crippen LogP) is 4.79. The molecule has 0 bridgehead atoms. The number of sulfonamides is 1. The molecule has 0 fully saturated rings. The normalized spacial score (nSPS) is 12.0. The molecule has 0 aliphatic heterocycles. The Labute approximate surface area is 224 Å². The fraction of sp³-hybridized carbons (Fsp3) is 0.286. The van der Waals surface area contributed by atoms with Gasteiger partial charge in [-0.25, -0.2) is 8.42 Å². The summed E-state index contributed by atoms with van der Waals surface area (Å²) in [6.07, 6.45) is 0.362. The lowest BCUT2D eigenvalue weighted by Crippen LogP contribution is -2.52. The highest BCUT2D eigenvalue weighted by Gasteiger charge is 2.33. The molecular weight excluding hydrogens is 510 g/mol. The van der Waals surface area contributed by atoms with Crippen molar-refractivity contribution in [3.63, 3.8) is 0 Å². The van der Waals surface area contributed by atoms with Gasteiger partial charge in [-0.15, -0.1) is 0 Å². The van der Waals surface area contributed by atoms with Gasteiger partial charge in [0.05, 0.1) is 10.6 Å². The van der Waals surface area contributed by atoms with Crippen molar-refractivity contribution in [1.82, 2.24) is 10.2 Å². The van der Waals surface area contributed by atoms with Crippen molar-refractivity contribution in [2.75, 3.05) is 17.4 Å². The Morgan fingerprint density at radius 3 is 2.14 bits per heavy atom. The first-order valence-electron chi connectivity index (χ1n) is 12.1. The van der Waals surface area contributed by atoms with E-state index in [4.69, 9.17) is 11.6 Å². The number of amides is 2. The molecule has 196 valence electrons. The van der Waals surface area contributed by atoms with Crippen LogP contribution in [0.5, 0.6) is 0 Å². The number of carbonyl (C=O) groups is 2. The third-order valence-corrected chi connectivity index (χ3v) is 8.02. The van der Waals surface area contributed by atoms with Crippen LogP contribution in [0.25, 0.3) is 0 Å². The van der Waals surface area contributed by atoms with E-state index in [0.717, 1.165) is 9.87 Å². The molecule has 3 aromatic carbocycles. The number of halogens is 1. The number of nitrogens with one attached hydrogen (secondary N) is 1. The molecule has 1 atom stereocenters. The molecule has 0 aliphatic rings. The number of rotatable bonds is 11. The van der Waals surface area contributed by atoms with Gasteiger partial charge in [-0.1, -0.05) is 67.1 Å². The molecule has 2 amide bonds. The van der Waals surface area contributed by atoms with E-state index < -0.39 is 28.5 Å². The van der Waals surface area contributed by atoms with E-state index in [1.807, 2.05) is 19.9 Å². The second-order valence-corrected chi connectivity index (χ2v) is 10.9. The van der Waals surface area contributed by atoms with Crippen molar-refractivity contribution in [2.24, 2.45) is 0 Å². The van der Waals surface area contributed by atoms with Gasteiger partial charge in [0.2, 0.25) is 11.8 Å². The Kier molecular flexibility index (Phi) is 9.72. The third-order valence-electron chi connectivity index (χ3n) is 6.00. The Morgan fingerprint density at radius 2 is 1.54 bits per heavy atom. The van der Waals surface area contributed by atoms with E-state index in [1.165, 1.54) is 17.0 Å². The lowest BCUT2D eigenvalue weighted by atomic mass is 10.1. The molecule has 37 heavy (non-hydrogen) atoms. The van der Waals surface area contributed by atoms with Crippen LogP contribution in [-0.4, -0.2) is 44.3 Å². The van der Waals surface area contributed by atoms with Crippen LogP contribution in [0, 0.1) is 6.92 Å². The van der Waals surface area contributed by atoms with E-state index in [2.05, 4.69) is 5.32 Å². The van der Waals surface area contributed by atoms with Crippen LogP contribution in [0.15, 0.2) is 83.8 Å². The number of para-hydroxylation sites is 1. The number of anilines is 1. The fourth-order valence-corrected chi connectivity index (χ4v) is 5.70. The van der Waals surface area contributed by atoms with Crippen molar-refractivity contribution in [1.29, 1.82) is 0 Å². The summed E-state index contributed by atoms with van der Waals surface area (Å²) in [6.45, 7) is 5.49. The van der Waals surface area contributed by atoms with Crippen molar-refractivity contribution >= 4 is 39.1 Å². The summed E-state index contributed by atoms with van der Waals surface area (Å²) in [7, 11) is -4.08. The molecule has 0 aliphatic carbocycles. The van der Waals surface area contributed by atoms with Crippen LogP contribution in [0.2, 0.25) is 5.02 Å². The van der Waals surface area contributed by atoms with Crippen molar-refractivity contribution in [3.8, 4) is 0 Å². The van der Waals surface area contributed by atoms with Crippen LogP contribution >= 0.6 is 11.6 Å². The maximum atomic E-state index is 13.9. The minimum absolute atomic E-state index is 0.0751. The topological polar surface area (TPSA) is 86.8 Å². The summed E-state index contributed by atoms with van der Waals surface area (Å²) in [6, 6.07) is 21.2. The first-order chi connectivity index (χ1) is 17.7. The van der Waals surface area contributed by atoms with Crippen LogP contribution in [0.3, 0.4) is 0 Å².